The number of benzene rings is 1. The summed E-state index contributed by atoms with van der Waals surface area (Å²) in [6.07, 6.45) is -4.76. The minimum Gasteiger partial charge on any atom is -0.463 e. The van der Waals surface area contributed by atoms with E-state index in [9.17, 15) is 18.0 Å². The predicted octanol–water partition coefficient (Wildman–Crippen LogP) is 2.94. The molecule has 0 amide bonds. The smallest absolute Gasteiger partial charge is 0.463 e. The molecule has 2 rings (SSSR count). The van der Waals surface area contributed by atoms with E-state index in [2.05, 4.69) is 15.4 Å². The Morgan fingerprint density at radius 2 is 1.92 bits per heavy atom. The Bertz CT molecular complexity index is 672. The van der Waals surface area contributed by atoms with Crippen molar-refractivity contribution in [1.82, 2.24) is 10.6 Å². The van der Waals surface area contributed by atoms with Gasteiger partial charge in [-0.1, -0.05) is 12.1 Å². The monoisotopic (exact) mass is 360 g/mol. The van der Waals surface area contributed by atoms with Crippen LogP contribution in [0.15, 0.2) is 35.5 Å². The number of thiocarbonyl (C=S) groups is 1. The quantitative estimate of drug-likeness (QED) is 0.636. The second-order valence-electron chi connectivity index (χ2n) is 4.91. The van der Waals surface area contributed by atoms with Crippen molar-refractivity contribution in [3.05, 3.63) is 41.1 Å². The van der Waals surface area contributed by atoms with E-state index in [1.807, 2.05) is 0 Å². The Morgan fingerprint density at radius 1 is 1.29 bits per heavy atom. The van der Waals surface area contributed by atoms with Gasteiger partial charge in [-0.2, -0.15) is 0 Å². The zero-order valence-corrected chi connectivity index (χ0v) is 13.7. The number of ether oxygens (including phenoxy) is 2. The van der Waals surface area contributed by atoms with Crippen molar-refractivity contribution >= 4 is 23.3 Å². The lowest BCUT2D eigenvalue weighted by Gasteiger charge is -2.29. The molecule has 1 heterocycles. The molecule has 1 aliphatic rings. The molecule has 0 aliphatic carbocycles. The van der Waals surface area contributed by atoms with Gasteiger partial charge >= 0.3 is 12.3 Å². The number of carbonyl (C=O) groups is 1. The summed E-state index contributed by atoms with van der Waals surface area (Å²) < 4.78 is 45.5. The Morgan fingerprint density at radius 3 is 2.46 bits per heavy atom. The van der Waals surface area contributed by atoms with E-state index in [1.54, 1.807) is 13.8 Å². The van der Waals surface area contributed by atoms with Crippen LogP contribution in [0.4, 0.5) is 13.2 Å². The molecule has 1 aromatic rings. The van der Waals surface area contributed by atoms with E-state index in [1.165, 1.54) is 24.3 Å². The molecule has 0 saturated carbocycles. The van der Waals surface area contributed by atoms with Crippen molar-refractivity contribution in [2.75, 3.05) is 6.61 Å². The third-order valence-corrected chi connectivity index (χ3v) is 3.43. The van der Waals surface area contributed by atoms with E-state index in [0.717, 1.165) is 0 Å². The van der Waals surface area contributed by atoms with Gasteiger partial charge in [0.1, 0.15) is 5.75 Å². The van der Waals surface area contributed by atoms with Gasteiger partial charge in [-0.05, 0) is 43.8 Å². The summed E-state index contributed by atoms with van der Waals surface area (Å²) in [6, 6.07) is 4.58. The third-order valence-electron chi connectivity index (χ3n) is 3.21. The first-order valence-corrected chi connectivity index (χ1v) is 7.43. The average molecular weight is 360 g/mol. The molecule has 2 N–H and O–H groups in total. The number of hydrogen-bond donors (Lipinski definition) is 2. The van der Waals surface area contributed by atoms with Crippen LogP contribution in [0.2, 0.25) is 0 Å². The number of hydrogen-bond acceptors (Lipinski definition) is 4. The summed E-state index contributed by atoms with van der Waals surface area (Å²) in [7, 11) is 0. The van der Waals surface area contributed by atoms with Gasteiger partial charge in [0.05, 0.1) is 18.2 Å². The first kappa shape index (κ1) is 18.1. The maximum atomic E-state index is 12.2. The van der Waals surface area contributed by atoms with Crippen LogP contribution < -0.4 is 15.4 Å². The first-order chi connectivity index (χ1) is 11.2. The van der Waals surface area contributed by atoms with E-state index in [0.29, 0.717) is 21.9 Å². The van der Waals surface area contributed by atoms with E-state index in [4.69, 9.17) is 17.0 Å². The van der Waals surface area contributed by atoms with Crippen LogP contribution in [-0.4, -0.2) is 24.1 Å². The lowest BCUT2D eigenvalue weighted by molar-refractivity contribution is -0.274. The zero-order chi connectivity index (χ0) is 17.9. The lowest BCUT2D eigenvalue weighted by atomic mass is 9.95. The van der Waals surface area contributed by atoms with Crippen molar-refractivity contribution in [1.29, 1.82) is 0 Å². The molecule has 0 spiro atoms. The fourth-order valence-electron chi connectivity index (χ4n) is 2.29. The van der Waals surface area contributed by atoms with Gasteiger partial charge < -0.3 is 20.1 Å². The number of rotatable bonds is 4. The van der Waals surface area contributed by atoms with Gasteiger partial charge in [0, 0.05) is 5.70 Å². The number of esters is 1. The number of carbonyl (C=O) groups excluding carboxylic acids is 1. The predicted molar refractivity (Wildman–Crippen MR) is 84.1 cm³/mol. The van der Waals surface area contributed by atoms with Crippen LogP contribution in [0, 0.1) is 0 Å². The molecule has 1 atom stereocenters. The SMILES string of the molecule is CCOC(=O)C1=C(C)NC(=S)NC1c1ccc(OC(F)(F)F)cc1. The topological polar surface area (TPSA) is 59.6 Å². The molecule has 1 aromatic carbocycles. The maximum Gasteiger partial charge on any atom is 0.573 e. The first-order valence-electron chi connectivity index (χ1n) is 7.02. The summed E-state index contributed by atoms with van der Waals surface area (Å²) in [5, 5.41) is 6.06. The summed E-state index contributed by atoms with van der Waals surface area (Å²) in [5.41, 5.74) is 1.39. The molecule has 24 heavy (non-hydrogen) atoms. The highest BCUT2D eigenvalue weighted by atomic mass is 32.1. The van der Waals surface area contributed by atoms with Crippen LogP contribution in [0.25, 0.3) is 0 Å². The largest absolute Gasteiger partial charge is 0.573 e. The minimum atomic E-state index is -4.76. The van der Waals surface area contributed by atoms with Crippen molar-refractivity contribution in [2.45, 2.75) is 26.3 Å². The standard InChI is InChI=1S/C15H15F3N2O3S/c1-3-22-13(21)11-8(2)19-14(24)20-12(11)9-4-6-10(7-5-9)23-15(16,17)18/h4-7,12H,3H2,1-2H3,(H2,19,20,24). The van der Waals surface area contributed by atoms with E-state index < -0.39 is 18.4 Å². The molecule has 1 aliphatic heterocycles. The molecule has 0 saturated heterocycles. The molecular weight excluding hydrogens is 345 g/mol. The highest BCUT2D eigenvalue weighted by Crippen LogP contribution is 2.30. The molecule has 0 aromatic heterocycles. The summed E-state index contributed by atoms with van der Waals surface area (Å²) >= 11 is 5.08. The molecule has 5 nitrogen and oxygen atoms in total. The normalized spacial score (nSPS) is 17.9. The molecule has 0 fully saturated rings. The van der Waals surface area contributed by atoms with E-state index in [-0.39, 0.29) is 12.4 Å². The zero-order valence-electron chi connectivity index (χ0n) is 12.9. The van der Waals surface area contributed by atoms with Gasteiger partial charge in [0.15, 0.2) is 5.11 Å². The fraction of sp³-hybridized carbons (Fsp3) is 0.333. The van der Waals surface area contributed by atoms with Crippen molar-refractivity contribution in [2.24, 2.45) is 0 Å². The number of allylic oxidation sites excluding steroid dienone is 1. The Kier molecular flexibility index (Phi) is 5.33. The second-order valence-corrected chi connectivity index (χ2v) is 5.32. The van der Waals surface area contributed by atoms with Crippen molar-refractivity contribution in [3.8, 4) is 5.75 Å². The van der Waals surface area contributed by atoms with Gasteiger partial charge in [-0.15, -0.1) is 13.2 Å². The lowest BCUT2D eigenvalue weighted by Crippen LogP contribution is -2.45. The Balaban J connectivity index is 2.32. The fourth-order valence-corrected chi connectivity index (χ4v) is 2.56. The van der Waals surface area contributed by atoms with Crippen LogP contribution in [-0.2, 0) is 9.53 Å². The summed E-state index contributed by atoms with van der Waals surface area (Å²) in [5.74, 6) is -0.876. The van der Waals surface area contributed by atoms with Gasteiger partial charge in [0.2, 0.25) is 0 Å². The van der Waals surface area contributed by atoms with E-state index >= 15 is 0 Å². The minimum absolute atomic E-state index is 0.200. The highest BCUT2D eigenvalue weighted by molar-refractivity contribution is 7.80. The Hall–Kier alpha value is -2.29. The Labute approximate surface area is 141 Å². The number of halogens is 3. The summed E-state index contributed by atoms with van der Waals surface area (Å²) in [6.45, 7) is 3.55. The van der Waals surface area contributed by atoms with Gasteiger partial charge in [-0.25, -0.2) is 4.79 Å². The maximum absolute atomic E-state index is 12.2. The molecular formula is C15H15F3N2O3S. The summed E-state index contributed by atoms with van der Waals surface area (Å²) in [4.78, 5) is 12.2. The average Bonchev–Trinajstić information content (AvgIpc) is 2.45. The molecule has 9 heteroatoms. The van der Waals surface area contributed by atoms with Gasteiger partial charge in [0.25, 0.3) is 0 Å². The van der Waals surface area contributed by atoms with Crippen molar-refractivity contribution < 1.29 is 27.4 Å². The highest BCUT2D eigenvalue weighted by Gasteiger charge is 2.32. The van der Waals surface area contributed by atoms with Crippen LogP contribution in [0.1, 0.15) is 25.5 Å². The molecule has 1 unspecified atom stereocenters. The number of alkyl halides is 3. The van der Waals surface area contributed by atoms with Crippen molar-refractivity contribution in [3.63, 3.8) is 0 Å². The second kappa shape index (κ2) is 7.08. The molecule has 0 bridgehead atoms. The molecule has 130 valence electrons. The molecule has 0 radical (unpaired) electrons. The van der Waals surface area contributed by atoms with Crippen LogP contribution >= 0.6 is 12.2 Å². The van der Waals surface area contributed by atoms with Gasteiger partial charge in [-0.3, -0.25) is 0 Å². The third kappa shape index (κ3) is 4.38. The number of nitrogens with one attached hydrogen (secondary N) is 2. The van der Waals surface area contributed by atoms with Crippen LogP contribution in [0.5, 0.6) is 5.75 Å². The van der Waals surface area contributed by atoms with Crippen LogP contribution in [0.3, 0.4) is 0 Å².